The maximum Gasteiger partial charge on any atom is 0.150 e. The first-order valence-corrected chi connectivity index (χ1v) is 7.01. The summed E-state index contributed by atoms with van der Waals surface area (Å²) in [6.45, 7) is 0. The van der Waals surface area contributed by atoms with Crippen LogP contribution in [-0.4, -0.2) is 19.9 Å². The van der Waals surface area contributed by atoms with E-state index in [0.717, 1.165) is 5.56 Å². The van der Waals surface area contributed by atoms with Gasteiger partial charge in [0.05, 0.1) is 11.5 Å². The maximum atomic E-state index is 12.7. The fourth-order valence-electron chi connectivity index (χ4n) is 2.06. The lowest BCUT2D eigenvalue weighted by atomic mass is 9.93. The monoisotopic (exact) mass is 243 g/mol. The molecule has 1 fully saturated rings. The molecule has 1 aromatic rings. The number of hydrogen-bond acceptors (Lipinski definition) is 3. The Balaban J connectivity index is 2.14. The van der Waals surface area contributed by atoms with E-state index >= 15 is 0 Å². The second-order valence-corrected chi connectivity index (χ2v) is 6.47. The van der Waals surface area contributed by atoms with E-state index in [1.165, 1.54) is 12.1 Å². The lowest BCUT2D eigenvalue weighted by Gasteiger charge is -2.17. The molecule has 0 aromatic heterocycles. The zero-order valence-electron chi connectivity index (χ0n) is 8.77. The highest BCUT2D eigenvalue weighted by Crippen LogP contribution is 2.29. The van der Waals surface area contributed by atoms with Crippen molar-refractivity contribution in [2.75, 3.05) is 11.5 Å². The molecule has 0 spiro atoms. The van der Waals surface area contributed by atoms with Crippen LogP contribution in [0.25, 0.3) is 0 Å². The van der Waals surface area contributed by atoms with Crippen molar-refractivity contribution in [3.8, 4) is 0 Å². The summed E-state index contributed by atoms with van der Waals surface area (Å²) < 4.78 is 35.3. The SMILES string of the molecule is NC(c1ccc(F)cc1)C1CCS(=O)(=O)C1. The van der Waals surface area contributed by atoms with Crippen LogP contribution >= 0.6 is 0 Å². The number of benzene rings is 1. The minimum atomic E-state index is -2.91. The molecule has 1 aliphatic rings. The maximum absolute atomic E-state index is 12.7. The molecule has 0 amide bonds. The molecule has 0 saturated carbocycles. The molecule has 1 aromatic carbocycles. The van der Waals surface area contributed by atoms with Crippen LogP contribution in [0.5, 0.6) is 0 Å². The van der Waals surface area contributed by atoms with Crippen molar-refractivity contribution >= 4 is 9.84 Å². The first kappa shape index (κ1) is 11.5. The standard InChI is InChI=1S/C11H14FNO2S/c12-10-3-1-8(2-4-10)11(13)9-5-6-16(14,15)7-9/h1-4,9,11H,5-7,13H2. The van der Waals surface area contributed by atoms with Crippen molar-refractivity contribution in [3.05, 3.63) is 35.6 Å². The zero-order chi connectivity index (χ0) is 11.8. The summed E-state index contributed by atoms with van der Waals surface area (Å²) in [5, 5.41) is 0. The van der Waals surface area contributed by atoms with Crippen LogP contribution in [0.2, 0.25) is 0 Å². The lowest BCUT2D eigenvalue weighted by molar-refractivity contribution is 0.479. The van der Waals surface area contributed by atoms with Crippen molar-refractivity contribution in [3.63, 3.8) is 0 Å². The molecular formula is C11H14FNO2S. The van der Waals surface area contributed by atoms with E-state index in [0.29, 0.717) is 6.42 Å². The minimum absolute atomic E-state index is 0.0459. The molecule has 2 rings (SSSR count). The van der Waals surface area contributed by atoms with Gasteiger partial charge in [0, 0.05) is 6.04 Å². The van der Waals surface area contributed by atoms with Crippen molar-refractivity contribution in [1.82, 2.24) is 0 Å². The third-order valence-electron chi connectivity index (χ3n) is 3.03. The minimum Gasteiger partial charge on any atom is -0.324 e. The van der Waals surface area contributed by atoms with Crippen LogP contribution < -0.4 is 5.73 Å². The molecule has 1 saturated heterocycles. The molecule has 0 aliphatic carbocycles. The predicted octanol–water partition coefficient (Wildman–Crippen LogP) is 1.26. The van der Waals surface area contributed by atoms with Gasteiger partial charge in [0.2, 0.25) is 0 Å². The molecule has 2 unspecified atom stereocenters. The van der Waals surface area contributed by atoms with Gasteiger partial charge in [0.25, 0.3) is 0 Å². The summed E-state index contributed by atoms with van der Waals surface area (Å²) in [6, 6.07) is 5.60. The third-order valence-corrected chi connectivity index (χ3v) is 4.82. The number of halogens is 1. The average molecular weight is 243 g/mol. The van der Waals surface area contributed by atoms with Crippen LogP contribution in [0, 0.1) is 11.7 Å². The largest absolute Gasteiger partial charge is 0.324 e. The highest BCUT2D eigenvalue weighted by atomic mass is 32.2. The zero-order valence-corrected chi connectivity index (χ0v) is 9.58. The Kier molecular flexibility index (Phi) is 2.99. The Hall–Kier alpha value is -0.940. The van der Waals surface area contributed by atoms with Crippen molar-refractivity contribution in [2.24, 2.45) is 11.7 Å². The Bertz CT molecular complexity index is 469. The molecule has 0 radical (unpaired) electrons. The van der Waals surface area contributed by atoms with Crippen LogP contribution in [-0.2, 0) is 9.84 Å². The summed E-state index contributed by atoms with van der Waals surface area (Å²) in [4.78, 5) is 0. The summed E-state index contributed by atoms with van der Waals surface area (Å²) in [7, 11) is -2.91. The van der Waals surface area contributed by atoms with Crippen LogP contribution in [0.15, 0.2) is 24.3 Å². The van der Waals surface area contributed by atoms with Gasteiger partial charge in [-0.05, 0) is 30.0 Å². The van der Waals surface area contributed by atoms with Crippen LogP contribution in [0.4, 0.5) is 4.39 Å². The van der Waals surface area contributed by atoms with Crippen molar-refractivity contribution in [2.45, 2.75) is 12.5 Å². The van der Waals surface area contributed by atoms with Gasteiger partial charge in [0.15, 0.2) is 9.84 Å². The number of sulfone groups is 1. The summed E-state index contributed by atoms with van der Waals surface area (Å²) in [5.41, 5.74) is 6.78. The Morgan fingerprint density at radius 1 is 1.31 bits per heavy atom. The van der Waals surface area contributed by atoms with E-state index in [4.69, 9.17) is 5.73 Å². The van der Waals surface area contributed by atoms with E-state index in [2.05, 4.69) is 0 Å². The highest BCUT2D eigenvalue weighted by molar-refractivity contribution is 7.91. The Morgan fingerprint density at radius 2 is 1.94 bits per heavy atom. The van der Waals surface area contributed by atoms with E-state index in [-0.39, 0.29) is 29.3 Å². The fraction of sp³-hybridized carbons (Fsp3) is 0.455. The molecule has 16 heavy (non-hydrogen) atoms. The number of rotatable bonds is 2. The lowest BCUT2D eigenvalue weighted by Crippen LogP contribution is -2.22. The Labute approximate surface area is 94.4 Å². The first-order chi connectivity index (χ1) is 7.48. The Morgan fingerprint density at radius 3 is 2.44 bits per heavy atom. The summed E-state index contributed by atoms with van der Waals surface area (Å²) in [6.07, 6.45) is 0.598. The normalized spacial score (nSPS) is 25.5. The van der Waals surface area contributed by atoms with E-state index in [1.54, 1.807) is 12.1 Å². The first-order valence-electron chi connectivity index (χ1n) is 5.19. The topological polar surface area (TPSA) is 60.2 Å². The number of nitrogens with two attached hydrogens (primary N) is 1. The average Bonchev–Trinajstić information content (AvgIpc) is 2.59. The molecule has 1 aliphatic heterocycles. The van der Waals surface area contributed by atoms with Gasteiger partial charge in [-0.25, -0.2) is 12.8 Å². The van der Waals surface area contributed by atoms with Crippen LogP contribution in [0.1, 0.15) is 18.0 Å². The van der Waals surface area contributed by atoms with Gasteiger partial charge in [-0.15, -0.1) is 0 Å². The van der Waals surface area contributed by atoms with E-state index in [9.17, 15) is 12.8 Å². The van der Waals surface area contributed by atoms with E-state index in [1.807, 2.05) is 0 Å². The molecule has 0 bridgehead atoms. The molecule has 3 nitrogen and oxygen atoms in total. The van der Waals surface area contributed by atoms with Crippen LogP contribution in [0.3, 0.4) is 0 Å². The molecule has 1 heterocycles. The van der Waals surface area contributed by atoms with Gasteiger partial charge >= 0.3 is 0 Å². The highest BCUT2D eigenvalue weighted by Gasteiger charge is 2.32. The quantitative estimate of drug-likeness (QED) is 0.850. The fourth-order valence-corrected chi connectivity index (χ4v) is 3.92. The van der Waals surface area contributed by atoms with Gasteiger partial charge in [-0.1, -0.05) is 12.1 Å². The van der Waals surface area contributed by atoms with Gasteiger partial charge in [0.1, 0.15) is 5.82 Å². The van der Waals surface area contributed by atoms with Crippen molar-refractivity contribution < 1.29 is 12.8 Å². The molecule has 88 valence electrons. The second-order valence-electron chi connectivity index (χ2n) is 4.24. The molecule has 2 N–H and O–H groups in total. The third kappa shape index (κ3) is 2.41. The second kappa shape index (κ2) is 4.14. The smallest absolute Gasteiger partial charge is 0.150 e. The summed E-state index contributed by atoms with van der Waals surface area (Å²) in [5.74, 6) is 0.00317. The molecule has 2 atom stereocenters. The van der Waals surface area contributed by atoms with Gasteiger partial charge in [-0.2, -0.15) is 0 Å². The summed E-state index contributed by atoms with van der Waals surface area (Å²) >= 11 is 0. The molecule has 5 heteroatoms. The van der Waals surface area contributed by atoms with Gasteiger partial charge < -0.3 is 5.73 Å². The predicted molar refractivity (Wildman–Crippen MR) is 60.1 cm³/mol. The van der Waals surface area contributed by atoms with Crippen molar-refractivity contribution in [1.29, 1.82) is 0 Å². The van der Waals surface area contributed by atoms with Gasteiger partial charge in [-0.3, -0.25) is 0 Å². The number of hydrogen-bond donors (Lipinski definition) is 1. The molecular weight excluding hydrogens is 229 g/mol. The van der Waals surface area contributed by atoms with E-state index < -0.39 is 9.84 Å².